The number of halogens is 1. The Morgan fingerprint density at radius 1 is 1.37 bits per heavy atom. The molecule has 2 atom stereocenters. The van der Waals surface area contributed by atoms with Gasteiger partial charge in [0.05, 0.1) is 0 Å². The van der Waals surface area contributed by atoms with Crippen LogP contribution < -0.4 is 4.90 Å². The Kier molecular flexibility index (Phi) is 3.93. The van der Waals surface area contributed by atoms with E-state index in [2.05, 4.69) is 33.5 Å². The highest BCUT2D eigenvalue weighted by Gasteiger charge is 2.30. The van der Waals surface area contributed by atoms with Crippen molar-refractivity contribution in [2.75, 3.05) is 36.0 Å². The molecule has 3 rings (SSSR count). The number of rotatable bonds is 2. The third-order valence-corrected chi connectivity index (χ3v) is 5.22. The van der Waals surface area contributed by atoms with Crippen molar-refractivity contribution in [3.63, 3.8) is 0 Å². The van der Waals surface area contributed by atoms with Crippen LogP contribution in [0.15, 0.2) is 18.2 Å². The summed E-state index contributed by atoms with van der Waals surface area (Å²) in [5.74, 6) is 2.95. The van der Waals surface area contributed by atoms with E-state index >= 15 is 0 Å². The maximum absolute atomic E-state index is 13.2. The van der Waals surface area contributed by atoms with Crippen LogP contribution in [0.2, 0.25) is 0 Å². The zero-order valence-electron chi connectivity index (χ0n) is 11.3. The number of aromatic nitrogens is 1. The fourth-order valence-corrected chi connectivity index (χ4v) is 4.28. The van der Waals surface area contributed by atoms with Gasteiger partial charge in [-0.25, -0.2) is 4.98 Å². The van der Waals surface area contributed by atoms with Gasteiger partial charge in [0, 0.05) is 37.5 Å². The van der Waals surface area contributed by atoms with E-state index in [-0.39, 0.29) is 5.95 Å². The van der Waals surface area contributed by atoms with Crippen molar-refractivity contribution in [1.29, 1.82) is 0 Å². The monoisotopic (exact) mass is 281 g/mol. The molecule has 0 N–H and O–H groups in total. The highest BCUT2D eigenvalue weighted by molar-refractivity contribution is 7.99. The van der Waals surface area contributed by atoms with Crippen LogP contribution in [0.1, 0.15) is 13.3 Å². The zero-order valence-corrected chi connectivity index (χ0v) is 12.1. The minimum Gasteiger partial charge on any atom is -0.351 e. The zero-order chi connectivity index (χ0) is 13.2. The van der Waals surface area contributed by atoms with Crippen LogP contribution in [0, 0.1) is 5.95 Å². The van der Waals surface area contributed by atoms with Gasteiger partial charge >= 0.3 is 0 Å². The van der Waals surface area contributed by atoms with Crippen molar-refractivity contribution in [1.82, 2.24) is 9.88 Å². The number of hydrogen-bond donors (Lipinski definition) is 0. The van der Waals surface area contributed by atoms with Crippen molar-refractivity contribution in [2.24, 2.45) is 0 Å². The SMILES string of the molecule is CC1CN(C2CCSC2)CCN1c1cccc(F)n1. The number of nitrogens with zero attached hydrogens (tertiary/aromatic N) is 3. The average molecular weight is 281 g/mol. The highest BCUT2D eigenvalue weighted by Crippen LogP contribution is 2.26. The van der Waals surface area contributed by atoms with Gasteiger partial charge in [-0.1, -0.05) is 6.07 Å². The molecule has 0 aliphatic carbocycles. The van der Waals surface area contributed by atoms with Crippen molar-refractivity contribution < 1.29 is 4.39 Å². The molecule has 0 saturated carbocycles. The van der Waals surface area contributed by atoms with Crippen molar-refractivity contribution in [2.45, 2.75) is 25.4 Å². The predicted octanol–water partition coefficient (Wildman–Crippen LogP) is 2.24. The molecule has 0 spiro atoms. The molecule has 0 amide bonds. The molecule has 0 bridgehead atoms. The van der Waals surface area contributed by atoms with E-state index in [0.717, 1.165) is 31.5 Å². The lowest BCUT2D eigenvalue weighted by atomic mass is 10.1. The van der Waals surface area contributed by atoms with Gasteiger partial charge in [0.2, 0.25) is 5.95 Å². The number of hydrogen-bond acceptors (Lipinski definition) is 4. The predicted molar refractivity (Wildman–Crippen MR) is 78.3 cm³/mol. The summed E-state index contributed by atoms with van der Waals surface area (Å²) < 4.78 is 13.2. The largest absolute Gasteiger partial charge is 0.351 e. The van der Waals surface area contributed by atoms with Crippen LogP contribution in [0.5, 0.6) is 0 Å². The summed E-state index contributed by atoms with van der Waals surface area (Å²) in [5, 5.41) is 0. The Bertz CT molecular complexity index is 436. The third-order valence-electron chi connectivity index (χ3n) is 4.08. The minimum atomic E-state index is -0.390. The molecule has 19 heavy (non-hydrogen) atoms. The number of anilines is 1. The summed E-state index contributed by atoms with van der Waals surface area (Å²) in [4.78, 5) is 8.83. The average Bonchev–Trinajstić information content (AvgIpc) is 2.92. The van der Waals surface area contributed by atoms with Crippen LogP contribution in [-0.4, -0.2) is 53.1 Å². The van der Waals surface area contributed by atoms with Crippen LogP contribution in [0.25, 0.3) is 0 Å². The standard InChI is InChI=1S/C14H20FN3S/c1-11-9-17(12-5-8-19-10-12)6-7-18(11)14-4-2-3-13(15)16-14/h2-4,11-12H,5-10H2,1H3. The van der Waals surface area contributed by atoms with Crippen LogP contribution >= 0.6 is 11.8 Å². The second-order valence-corrected chi connectivity index (χ2v) is 6.52. The fourth-order valence-electron chi connectivity index (χ4n) is 3.03. The summed E-state index contributed by atoms with van der Waals surface area (Å²) >= 11 is 2.06. The number of thioether (sulfide) groups is 1. The van der Waals surface area contributed by atoms with E-state index in [1.165, 1.54) is 24.0 Å². The van der Waals surface area contributed by atoms with Gasteiger partial charge in [0.25, 0.3) is 0 Å². The molecule has 5 heteroatoms. The lowest BCUT2D eigenvalue weighted by Gasteiger charge is -2.42. The maximum atomic E-state index is 13.2. The van der Waals surface area contributed by atoms with E-state index < -0.39 is 0 Å². The summed E-state index contributed by atoms with van der Waals surface area (Å²) in [6.45, 7) is 5.27. The lowest BCUT2D eigenvalue weighted by Crippen LogP contribution is -2.55. The van der Waals surface area contributed by atoms with Gasteiger partial charge in [-0.2, -0.15) is 16.2 Å². The number of pyridine rings is 1. The van der Waals surface area contributed by atoms with Crippen molar-refractivity contribution >= 4 is 17.6 Å². The molecule has 2 aliphatic rings. The van der Waals surface area contributed by atoms with Crippen molar-refractivity contribution in [3.05, 3.63) is 24.1 Å². The van der Waals surface area contributed by atoms with E-state index in [0.29, 0.717) is 6.04 Å². The van der Waals surface area contributed by atoms with Crippen LogP contribution in [0.3, 0.4) is 0 Å². The Balaban J connectivity index is 1.67. The van der Waals surface area contributed by atoms with Crippen molar-refractivity contribution in [3.8, 4) is 0 Å². The molecule has 1 aromatic heterocycles. The molecular formula is C14H20FN3S. The van der Waals surface area contributed by atoms with Gasteiger partial charge in [-0.05, 0) is 31.2 Å². The Morgan fingerprint density at radius 2 is 2.26 bits per heavy atom. The quantitative estimate of drug-likeness (QED) is 0.774. The Morgan fingerprint density at radius 3 is 2.95 bits per heavy atom. The van der Waals surface area contributed by atoms with Gasteiger partial charge < -0.3 is 4.90 Å². The molecule has 3 nitrogen and oxygen atoms in total. The smallest absolute Gasteiger partial charge is 0.214 e. The van der Waals surface area contributed by atoms with E-state index in [9.17, 15) is 4.39 Å². The van der Waals surface area contributed by atoms with Gasteiger partial charge in [0.1, 0.15) is 5.82 Å². The van der Waals surface area contributed by atoms with Crippen LogP contribution in [0.4, 0.5) is 10.2 Å². The maximum Gasteiger partial charge on any atom is 0.214 e. The third kappa shape index (κ3) is 2.87. The lowest BCUT2D eigenvalue weighted by molar-refractivity contribution is 0.177. The first-order valence-corrected chi connectivity index (χ1v) is 8.10. The first kappa shape index (κ1) is 13.2. The van der Waals surface area contributed by atoms with E-state index in [4.69, 9.17) is 0 Å². The molecule has 1 aromatic rings. The van der Waals surface area contributed by atoms with Gasteiger partial charge in [-0.3, -0.25) is 4.90 Å². The molecule has 0 radical (unpaired) electrons. The molecule has 2 aliphatic heterocycles. The van der Waals surface area contributed by atoms with E-state index in [1.807, 2.05) is 6.07 Å². The summed E-state index contributed by atoms with van der Waals surface area (Å²) in [5.41, 5.74) is 0. The highest BCUT2D eigenvalue weighted by atomic mass is 32.2. The number of piperazine rings is 1. The normalized spacial score (nSPS) is 28.8. The fraction of sp³-hybridized carbons (Fsp3) is 0.643. The molecule has 3 heterocycles. The second-order valence-electron chi connectivity index (χ2n) is 5.37. The topological polar surface area (TPSA) is 19.4 Å². The molecule has 2 unspecified atom stereocenters. The Hall–Kier alpha value is -0.810. The summed E-state index contributed by atoms with van der Waals surface area (Å²) in [6, 6.07) is 6.19. The van der Waals surface area contributed by atoms with Crippen LogP contribution in [-0.2, 0) is 0 Å². The molecule has 2 saturated heterocycles. The van der Waals surface area contributed by atoms with Gasteiger partial charge in [-0.15, -0.1) is 0 Å². The minimum absolute atomic E-state index is 0.390. The molecule has 2 fully saturated rings. The summed E-state index contributed by atoms with van der Waals surface area (Å²) in [7, 11) is 0. The first-order valence-electron chi connectivity index (χ1n) is 6.95. The van der Waals surface area contributed by atoms with Gasteiger partial charge in [0.15, 0.2) is 0 Å². The first-order chi connectivity index (χ1) is 9.24. The molecular weight excluding hydrogens is 261 g/mol. The van der Waals surface area contributed by atoms with E-state index in [1.54, 1.807) is 6.07 Å². The Labute approximate surface area is 118 Å². The summed E-state index contributed by atoms with van der Waals surface area (Å²) in [6.07, 6.45) is 1.32. The second kappa shape index (κ2) is 5.67. The molecule has 0 aromatic carbocycles. The molecule has 104 valence electrons.